The molecule has 0 aromatic carbocycles. The van der Waals surface area contributed by atoms with Crippen LogP contribution in [0.1, 0.15) is 64.1 Å². The highest BCUT2D eigenvalue weighted by molar-refractivity contribution is 7.13. The van der Waals surface area contributed by atoms with Gasteiger partial charge in [0.2, 0.25) is 0 Å². The van der Waals surface area contributed by atoms with Crippen molar-refractivity contribution < 1.29 is 4.79 Å². The molecular weight excluding hydrogens is 284 g/mol. The number of hydrogen-bond acceptors (Lipinski definition) is 4. The van der Waals surface area contributed by atoms with Gasteiger partial charge >= 0.3 is 6.03 Å². The summed E-state index contributed by atoms with van der Waals surface area (Å²) in [5, 5.41) is 12.0. The van der Waals surface area contributed by atoms with Gasteiger partial charge < -0.3 is 10.6 Å². The zero-order valence-corrected chi connectivity index (χ0v) is 13.8. The van der Waals surface area contributed by atoms with Crippen LogP contribution in [0.5, 0.6) is 0 Å². The number of carbonyl (C=O) groups is 1. The lowest BCUT2D eigenvalue weighted by Crippen LogP contribution is -2.39. The van der Waals surface area contributed by atoms with Crippen LogP contribution in [0, 0.1) is 0 Å². The Hall–Kier alpha value is -1.14. The second kappa shape index (κ2) is 8.34. The molecule has 1 fully saturated rings. The van der Waals surface area contributed by atoms with E-state index in [0.717, 1.165) is 31.5 Å². The first-order valence-electron chi connectivity index (χ1n) is 7.95. The van der Waals surface area contributed by atoms with Crippen LogP contribution < -0.4 is 16.0 Å². The van der Waals surface area contributed by atoms with Crippen molar-refractivity contribution in [1.82, 2.24) is 15.6 Å². The molecule has 1 aromatic rings. The van der Waals surface area contributed by atoms with Gasteiger partial charge in [0.15, 0.2) is 5.13 Å². The highest BCUT2D eigenvalue weighted by atomic mass is 32.1. The highest BCUT2D eigenvalue weighted by Gasteiger charge is 2.16. The molecule has 0 radical (unpaired) electrons. The lowest BCUT2D eigenvalue weighted by Gasteiger charge is -2.22. The van der Waals surface area contributed by atoms with Crippen LogP contribution in [0.2, 0.25) is 0 Å². The Balaban J connectivity index is 1.79. The molecule has 0 saturated heterocycles. The molecule has 118 valence electrons. The molecule has 2 rings (SSSR count). The van der Waals surface area contributed by atoms with Crippen LogP contribution in [-0.2, 0) is 0 Å². The summed E-state index contributed by atoms with van der Waals surface area (Å²) in [4.78, 5) is 16.4. The summed E-state index contributed by atoms with van der Waals surface area (Å²) in [6.45, 7) is 5.21. The average molecular weight is 310 g/mol. The summed E-state index contributed by atoms with van der Waals surface area (Å²) in [5.41, 5.74) is 0.987. The Kier molecular flexibility index (Phi) is 6.45. The number of hydrogen-bond donors (Lipinski definition) is 3. The SMILES string of the molecule is CCCNC(C)c1csc(NC(=O)NC2CCCCC2)n1. The highest BCUT2D eigenvalue weighted by Crippen LogP contribution is 2.21. The third-order valence-electron chi connectivity index (χ3n) is 3.83. The van der Waals surface area contributed by atoms with Crippen molar-refractivity contribution in [1.29, 1.82) is 0 Å². The summed E-state index contributed by atoms with van der Waals surface area (Å²) in [6, 6.07) is 0.415. The lowest BCUT2D eigenvalue weighted by atomic mass is 9.96. The zero-order valence-electron chi connectivity index (χ0n) is 12.9. The minimum absolute atomic E-state index is 0.128. The van der Waals surface area contributed by atoms with Crippen molar-refractivity contribution in [3.05, 3.63) is 11.1 Å². The van der Waals surface area contributed by atoms with E-state index >= 15 is 0 Å². The molecule has 1 heterocycles. The number of anilines is 1. The maximum atomic E-state index is 12.0. The van der Waals surface area contributed by atoms with Gasteiger partial charge in [0.25, 0.3) is 0 Å². The monoisotopic (exact) mass is 310 g/mol. The van der Waals surface area contributed by atoms with Crippen LogP contribution in [-0.4, -0.2) is 23.6 Å². The van der Waals surface area contributed by atoms with Crippen LogP contribution in [0.4, 0.5) is 9.93 Å². The number of rotatable bonds is 6. The largest absolute Gasteiger partial charge is 0.335 e. The van der Waals surface area contributed by atoms with Gasteiger partial charge in [-0.05, 0) is 32.7 Å². The van der Waals surface area contributed by atoms with Gasteiger partial charge in [-0.25, -0.2) is 9.78 Å². The molecule has 1 saturated carbocycles. The van der Waals surface area contributed by atoms with E-state index in [2.05, 4.69) is 34.8 Å². The van der Waals surface area contributed by atoms with Gasteiger partial charge in [-0.1, -0.05) is 26.2 Å². The molecule has 0 bridgehead atoms. The molecule has 1 atom stereocenters. The first kappa shape index (κ1) is 16.2. The number of amides is 2. The first-order valence-corrected chi connectivity index (χ1v) is 8.83. The third kappa shape index (κ3) is 5.28. The number of urea groups is 1. The second-order valence-electron chi connectivity index (χ2n) is 5.69. The topological polar surface area (TPSA) is 66.0 Å². The van der Waals surface area contributed by atoms with Crippen LogP contribution in [0.3, 0.4) is 0 Å². The average Bonchev–Trinajstić information content (AvgIpc) is 2.94. The van der Waals surface area contributed by atoms with Gasteiger partial charge in [0, 0.05) is 17.5 Å². The minimum atomic E-state index is -0.128. The maximum absolute atomic E-state index is 12.0. The third-order valence-corrected chi connectivity index (χ3v) is 4.60. The van der Waals surface area contributed by atoms with E-state index in [1.54, 1.807) is 0 Å². The number of thiazole rings is 1. The van der Waals surface area contributed by atoms with Crippen LogP contribution in [0.25, 0.3) is 0 Å². The Morgan fingerprint density at radius 2 is 2.19 bits per heavy atom. The molecule has 1 unspecified atom stereocenters. The predicted octanol–water partition coefficient (Wildman–Crippen LogP) is 3.66. The molecule has 1 aliphatic carbocycles. The van der Waals surface area contributed by atoms with Gasteiger partial charge in [-0.2, -0.15) is 0 Å². The summed E-state index contributed by atoms with van der Waals surface area (Å²) in [6.07, 6.45) is 7.00. The fraction of sp³-hybridized carbons (Fsp3) is 0.733. The minimum Gasteiger partial charge on any atom is -0.335 e. The van der Waals surface area contributed by atoms with Gasteiger partial charge in [0.05, 0.1) is 5.69 Å². The molecule has 1 aliphatic rings. The molecule has 1 aromatic heterocycles. The molecule has 0 spiro atoms. The summed E-state index contributed by atoms with van der Waals surface area (Å²) in [7, 11) is 0. The van der Waals surface area contributed by atoms with Crippen molar-refractivity contribution in [3.8, 4) is 0 Å². The number of nitrogens with one attached hydrogen (secondary N) is 3. The van der Waals surface area contributed by atoms with Gasteiger partial charge in [0.1, 0.15) is 0 Å². The fourth-order valence-corrected chi connectivity index (χ4v) is 3.37. The normalized spacial score (nSPS) is 17.4. The predicted molar refractivity (Wildman–Crippen MR) is 87.9 cm³/mol. The summed E-state index contributed by atoms with van der Waals surface area (Å²) >= 11 is 1.48. The Morgan fingerprint density at radius 3 is 2.90 bits per heavy atom. The number of nitrogens with zero attached hydrogens (tertiary/aromatic N) is 1. The molecule has 5 nitrogen and oxygen atoms in total. The number of aromatic nitrogens is 1. The van der Waals surface area contributed by atoms with Crippen molar-refractivity contribution in [2.45, 2.75) is 64.5 Å². The standard InChI is InChI=1S/C15H26N4OS/c1-3-9-16-11(2)13-10-21-15(18-13)19-14(20)17-12-7-5-4-6-8-12/h10-12,16H,3-9H2,1-2H3,(H2,17,18,19,20). The van der Waals surface area contributed by atoms with Crippen molar-refractivity contribution in [2.24, 2.45) is 0 Å². The van der Waals surface area contributed by atoms with E-state index < -0.39 is 0 Å². The van der Waals surface area contributed by atoms with Gasteiger partial charge in [-0.15, -0.1) is 11.3 Å². The first-order chi connectivity index (χ1) is 10.2. The van der Waals surface area contributed by atoms with Crippen molar-refractivity contribution in [2.75, 3.05) is 11.9 Å². The van der Waals surface area contributed by atoms with Crippen LogP contribution in [0.15, 0.2) is 5.38 Å². The molecule has 6 heteroatoms. The maximum Gasteiger partial charge on any atom is 0.321 e. The van der Waals surface area contributed by atoms with Crippen molar-refractivity contribution >= 4 is 22.5 Å². The molecule has 0 aliphatic heterocycles. The summed E-state index contributed by atoms with van der Waals surface area (Å²) in [5.74, 6) is 0. The van der Waals surface area contributed by atoms with E-state index in [4.69, 9.17) is 0 Å². The summed E-state index contributed by atoms with van der Waals surface area (Å²) < 4.78 is 0. The fourth-order valence-electron chi connectivity index (χ4n) is 2.57. The quantitative estimate of drug-likeness (QED) is 0.751. The van der Waals surface area contributed by atoms with Crippen LogP contribution >= 0.6 is 11.3 Å². The number of carbonyl (C=O) groups excluding carboxylic acids is 1. The van der Waals surface area contributed by atoms with E-state index in [1.807, 2.05) is 5.38 Å². The van der Waals surface area contributed by atoms with Crippen molar-refractivity contribution in [3.63, 3.8) is 0 Å². The molecule has 21 heavy (non-hydrogen) atoms. The van der Waals surface area contributed by atoms with E-state index in [-0.39, 0.29) is 12.1 Å². The Morgan fingerprint density at radius 1 is 1.43 bits per heavy atom. The zero-order chi connectivity index (χ0) is 15.1. The van der Waals surface area contributed by atoms with Gasteiger partial charge in [-0.3, -0.25) is 5.32 Å². The lowest BCUT2D eigenvalue weighted by molar-refractivity contribution is 0.244. The van der Waals surface area contributed by atoms with E-state index in [9.17, 15) is 4.79 Å². The van der Waals surface area contributed by atoms with E-state index in [1.165, 1.54) is 30.6 Å². The Bertz CT molecular complexity index is 443. The van der Waals surface area contributed by atoms with E-state index in [0.29, 0.717) is 11.2 Å². The second-order valence-corrected chi connectivity index (χ2v) is 6.54. The molecular formula is C15H26N4OS. The Labute approximate surface area is 130 Å². The molecule has 3 N–H and O–H groups in total. The smallest absolute Gasteiger partial charge is 0.321 e. The molecule has 2 amide bonds.